The van der Waals surface area contributed by atoms with Gasteiger partial charge in [0, 0.05) is 18.3 Å². The van der Waals surface area contributed by atoms with Gasteiger partial charge < -0.3 is 10.5 Å². The molecule has 0 saturated heterocycles. The summed E-state index contributed by atoms with van der Waals surface area (Å²) < 4.78 is 31.2. The first kappa shape index (κ1) is 15.8. The van der Waals surface area contributed by atoms with E-state index >= 15 is 0 Å². The topological polar surface area (TPSA) is 81.4 Å². The summed E-state index contributed by atoms with van der Waals surface area (Å²) in [7, 11) is -3.26. The van der Waals surface area contributed by atoms with Gasteiger partial charge in [0.2, 0.25) is 10.0 Å². The molecule has 0 aliphatic heterocycles. The van der Waals surface area contributed by atoms with Crippen LogP contribution in [-0.4, -0.2) is 27.3 Å². The number of nitrogens with two attached hydrogens (primary N) is 1. The molecule has 0 heterocycles. The average molecular weight is 286 g/mol. The summed E-state index contributed by atoms with van der Waals surface area (Å²) >= 11 is 0. The number of rotatable bonds is 8. The van der Waals surface area contributed by atoms with Crippen molar-refractivity contribution < 1.29 is 13.2 Å². The van der Waals surface area contributed by atoms with Gasteiger partial charge in [0.25, 0.3) is 0 Å². The highest BCUT2D eigenvalue weighted by Crippen LogP contribution is 2.14. The van der Waals surface area contributed by atoms with Crippen molar-refractivity contribution in [2.75, 3.05) is 24.6 Å². The zero-order valence-corrected chi connectivity index (χ0v) is 12.2. The fourth-order valence-electron chi connectivity index (χ4n) is 1.45. The molecule has 0 atom stereocenters. The van der Waals surface area contributed by atoms with E-state index in [9.17, 15) is 8.42 Å². The van der Waals surface area contributed by atoms with E-state index in [0.29, 0.717) is 23.9 Å². The fourth-order valence-corrected chi connectivity index (χ4v) is 2.32. The Hall–Kier alpha value is -1.27. The van der Waals surface area contributed by atoms with Crippen LogP contribution in [0.4, 0.5) is 5.69 Å². The van der Waals surface area contributed by atoms with Gasteiger partial charge in [0.1, 0.15) is 12.4 Å². The van der Waals surface area contributed by atoms with E-state index in [1.54, 1.807) is 24.3 Å². The van der Waals surface area contributed by atoms with Gasteiger partial charge in [-0.2, -0.15) is 0 Å². The number of ether oxygens (including phenoxy) is 1. The van der Waals surface area contributed by atoms with E-state index < -0.39 is 10.0 Å². The third-order valence-corrected chi connectivity index (χ3v) is 3.87. The molecule has 19 heavy (non-hydrogen) atoms. The Morgan fingerprint density at radius 3 is 2.74 bits per heavy atom. The maximum Gasteiger partial charge on any atom is 0.214 e. The summed E-state index contributed by atoms with van der Waals surface area (Å²) in [6, 6.07) is 6.92. The second kappa shape index (κ2) is 7.35. The molecule has 6 heteroatoms. The first-order valence-electron chi connectivity index (χ1n) is 6.35. The molecule has 5 nitrogen and oxygen atoms in total. The Balaban J connectivity index is 2.31. The highest BCUT2D eigenvalue weighted by atomic mass is 32.2. The van der Waals surface area contributed by atoms with Gasteiger partial charge in [0.15, 0.2) is 0 Å². The largest absolute Gasteiger partial charge is 0.492 e. The van der Waals surface area contributed by atoms with E-state index in [4.69, 9.17) is 10.5 Å². The Bertz CT molecular complexity index is 486. The molecule has 108 valence electrons. The predicted molar refractivity (Wildman–Crippen MR) is 77.6 cm³/mol. The molecule has 1 rings (SSSR count). The van der Waals surface area contributed by atoms with Gasteiger partial charge >= 0.3 is 0 Å². The van der Waals surface area contributed by atoms with Crippen LogP contribution in [0.2, 0.25) is 0 Å². The number of sulfonamides is 1. The maximum atomic E-state index is 11.7. The van der Waals surface area contributed by atoms with Crippen molar-refractivity contribution in [1.29, 1.82) is 0 Å². The lowest BCUT2D eigenvalue weighted by Gasteiger charge is -2.09. The van der Waals surface area contributed by atoms with Gasteiger partial charge in [-0.1, -0.05) is 19.9 Å². The molecule has 0 saturated carbocycles. The molecule has 0 spiro atoms. The summed E-state index contributed by atoms with van der Waals surface area (Å²) in [5.74, 6) is 1.00. The molecule has 3 N–H and O–H groups in total. The van der Waals surface area contributed by atoms with Gasteiger partial charge in [-0.05, 0) is 24.5 Å². The van der Waals surface area contributed by atoms with Crippen LogP contribution < -0.4 is 15.2 Å². The summed E-state index contributed by atoms with van der Waals surface area (Å²) in [4.78, 5) is 0. The number of anilines is 1. The lowest BCUT2D eigenvalue weighted by Crippen LogP contribution is -2.30. The molecule has 0 fully saturated rings. The number of nitrogen functional groups attached to an aromatic ring is 1. The molecule has 1 aromatic carbocycles. The molecule has 0 unspecified atom stereocenters. The van der Waals surface area contributed by atoms with E-state index in [0.717, 1.165) is 6.42 Å². The molecular formula is C13H22N2O3S. The Labute approximate surface area is 115 Å². The predicted octanol–water partition coefficient (Wildman–Crippen LogP) is 1.61. The fraction of sp³-hybridized carbons (Fsp3) is 0.538. The molecule has 0 bridgehead atoms. The zero-order valence-electron chi connectivity index (χ0n) is 11.4. The summed E-state index contributed by atoms with van der Waals surface area (Å²) in [5.41, 5.74) is 6.19. The number of hydrogen-bond acceptors (Lipinski definition) is 4. The van der Waals surface area contributed by atoms with Crippen LogP contribution in [0.25, 0.3) is 0 Å². The van der Waals surface area contributed by atoms with Crippen molar-refractivity contribution in [3.05, 3.63) is 24.3 Å². The Kier molecular flexibility index (Phi) is 6.11. The second-order valence-electron chi connectivity index (χ2n) is 4.82. The zero-order chi connectivity index (χ0) is 14.3. The van der Waals surface area contributed by atoms with Gasteiger partial charge in [-0.25, -0.2) is 13.1 Å². The van der Waals surface area contributed by atoms with Crippen LogP contribution in [0.5, 0.6) is 5.75 Å². The van der Waals surface area contributed by atoms with Crippen molar-refractivity contribution in [1.82, 2.24) is 4.72 Å². The second-order valence-corrected chi connectivity index (χ2v) is 6.74. The molecule has 0 radical (unpaired) electrons. The lowest BCUT2D eigenvalue weighted by molar-refractivity contribution is 0.340. The summed E-state index contributed by atoms with van der Waals surface area (Å²) in [6.45, 7) is 4.69. The van der Waals surface area contributed by atoms with Crippen LogP contribution in [0.1, 0.15) is 20.3 Å². The molecular weight excluding hydrogens is 264 g/mol. The Morgan fingerprint density at radius 2 is 2.11 bits per heavy atom. The molecule has 0 aromatic heterocycles. The van der Waals surface area contributed by atoms with Crippen LogP contribution in [0.3, 0.4) is 0 Å². The van der Waals surface area contributed by atoms with E-state index in [1.807, 2.05) is 0 Å². The van der Waals surface area contributed by atoms with Crippen molar-refractivity contribution in [3.63, 3.8) is 0 Å². The van der Waals surface area contributed by atoms with E-state index in [1.165, 1.54) is 0 Å². The van der Waals surface area contributed by atoms with Crippen molar-refractivity contribution in [2.45, 2.75) is 20.3 Å². The number of hydrogen-bond donors (Lipinski definition) is 2. The number of benzene rings is 1. The smallest absolute Gasteiger partial charge is 0.214 e. The lowest BCUT2D eigenvalue weighted by atomic mass is 10.1. The monoisotopic (exact) mass is 286 g/mol. The quantitative estimate of drug-likeness (QED) is 0.711. The van der Waals surface area contributed by atoms with Gasteiger partial charge in [0.05, 0.1) is 5.75 Å². The van der Waals surface area contributed by atoms with Crippen molar-refractivity contribution in [2.24, 2.45) is 5.92 Å². The first-order chi connectivity index (χ1) is 8.89. The van der Waals surface area contributed by atoms with Crippen LogP contribution >= 0.6 is 0 Å². The number of nitrogens with one attached hydrogen (secondary N) is 1. The summed E-state index contributed by atoms with van der Waals surface area (Å²) in [6.07, 6.45) is 0.829. The molecule has 0 aliphatic rings. The van der Waals surface area contributed by atoms with Gasteiger partial charge in [-0.15, -0.1) is 0 Å². The third-order valence-electron chi connectivity index (χ3n) is 2.52. The minimum absolute atomic E-state index is 0.0557. The SMILES string of the molecule is CC(C)CCNS(=O)(=O)CCOc1cccc(N)c1. The van der Waals surface area contributed by atoms with E-state index in [-0.39, 0.29) is 12.4 Å². The molecule has 0 amide bonds. The summed E-state index contributed by atoms with van der Waals surface area (Å²) in [5, 5.41) is 0. The molecule has 1 aromatic rings. The van der Waals surface area contributed by atoms with E-state index in [2.05, 4.69) is 18.6 Å². The third kappa shape index (κ3) is 7.03. The maximum absolute atomic E-state index is 11.7. The van der Waals surface area contributed by atoms with Crippen LogP contribution in [0, 0.1) is 5.92 Å². The standard InChI is InChI=1S/C13H22N2O3S/c1-11(2)6-7-15-19(16,17)9-8-18-13-5-3-4-12(14)10-13/h3-5,10-11,15H,6-9,14H2,1-2H3. The van der Waals surface area contributed by atoms with Crippen molar-refractivity contribution in [3.8, 4) is 5.75 Å². The Morgan fingerprint density at radius 1 is 1.37 bits per heavy atom. The average Bonchev–Trinajstić information content (AvgIpc) is 2.27. The minimum Gasteiger partial charge on any atom is -0.492 e. The minimum atomic E-state index is -3.26. The first-order valence-corrected chi connectivity index (χ1v) is 8.00. The molecule has 0 aliphatic carbocycles. The highest BCUT2D eigenvalue weighted by Gasteiger charge is 2.10. The highest BCUT2D eigenvalue weighted by molar-refractivity contribution is 7.89. The van der Waals surface area contributed by atoms with Crippen LogP contribution in [0.15, 0.2) is 24.3 Å². The van der Waals surface area contributed by atoms with Crippen LogP contribution in [-0.2, 0) is 10.0 Å². The van der Waals surface area contributed by atoms with Crippen molar-refractivity contribution >= 4 is 15.7 Å². The normalized spacial score (nSPS) is 11.7. The van der Waals surface area contributed by atoms with Gasteiger partial charge in [-0.3, -0.25) is 0 Å².